The Balaban J connectivity index is 1.56. The summed E-state index contributed by atoms with van der Waals surface area (Å²) in [4.78, 5) is 0. The molecule has 3 nitrogen and oxygen atoms in total. The Morgan fingerprint density at radius 3 is 2.50 bits per heavy atom. The van der Waals surface area contributed by atoms with E-state index in [-0.39, 0.29) is 0 Å². The van der Waals surface area contributed by atoms with Crippen LogP contribution in [0.4, 0.5) is 0 Å². The van der Waals surface area contributed by atoms with Gasteiger partial charge in [0.05, 0.1) is 13.7 Å². The Hall–Kier alpha value is -1.22. The van der Waals surface area contributed by atoms with Crippen LogP contribution in [0.2, 0.25) is 0 Å². The zero-order valence-corrected chi connectivity index (χ0v) is 11.3. The third-order valence-corrected chi connectivity index (χ3v) is 3.44. The van der Waals surface area contributed by atoms with E-state index in [1.807, 2.05) is 24.3 Å². The van der Waals surface area contributed by atoms with Crippen LogP contribution in [0.25, 0.3) is 0 Å². The summed E-state index contributed by atoms with van der Waals surface area (Å²) in [6.07, 6.45) is 3.84. The molecule has 1 N–H and O–H groups in total. The minimum atomic E-state index is 0.672. The summed E-state index contributed by atoms with van der Waals surface area (Å²) in [5.41, 5.74) is 0. The van der Waals surface area contributed by atoms with Crippen molar-refractivity contribution in [1.29, 1.82) is 0 Å². The maximum atomic E-state index is 5.67. The van der Waals surface area contributed by atoms with Crippen LogP contribution in [-0.2, 0) is 0 Å². The molecule has 0 aliphatic heterocycles. The van der Waals surface area contributed by atoms with Crippen LogP contribution in [0.5, 0.6) is 11.5 Å². The zero-order chi connectivity index (χ0) is 12.8. The third-order valence-electron chi connectivity index (χ3n) is 3.44. The molecule has 0 amide bonds. The Morgan fingerprint density at radius 2 is 1.89 bits per heavy atom. The Bertz CT molecular complexity index is 346. The molecule has 1 fully saturated rings. The molecule has 1 aliphatic carbocycles. The summed E-state index contributed by atoms with van der Waals surface area (Å²) >= 11 is 0. The number of nitrogens with one attached hydrogen (secondary N) is 1. The second kappa shape index (κ2) is 6.64. The highest BCUT2D eigenvalue weighted by Gasteiger charge is 2.26. The van der Waals surface area contributed by atoms with E-state index in [0.29, 0.717) is 6.04 Å². The summed E-state index contributed by atoms with van der Waals surface area (Å²) in [5.74, 6) is 2.70. The van der Waals surface area contributed by atoms with Crippen molar-refractivity contribution in [2.24, 2.45) is 5.92 Å². The van der Waals surface area contributed by atoms with E-state index in [0.717, 1.165) is 37.0 Å². The summed E-state index contributed by atoms with van der Waals surface area (Å²) < 4.78 is 10.8. The van der Waals surface area contributed by atoms with Crippen molar-refractivity contribution in [3.8, 4) is 11.5 Å². The van der Waals surface area contributed by atoms with Gasteiger partial charge in [-0.3, -0.25) is 0 Å². The van der Waals surface area contributed by atoms with Gasteiger partial charge in [0.1, 0.15) is 11.5 Å². The minimum Gasteiger partial charge on any atom is -0.497 e. The predicted octanol–water partition coefficient (Wildman–Crippen LogP) is 2.85. The first kappa shape index (κ1) is 13.2. The maximum Gasteiger partial charge on any atom is 0.119 e. The molecule has 0 aromatic heterocycles. The number of methoxy groups -OCH3 is 1. The first-order chi connectivity index (χ1) is 8.79. The molecule has 1 aromatic carbocycles. The molecular formula is C15H23NO2. The van der Waals surface area contributed by atoms with Crippen molar-refractivity contribution in [3.05, 3.63) is 24.3 Å². The van der Waals surface area contributed by atoms with Gasteiger partial charge in [0.25, 0.3) is 0 Å². The second-order valence-corrected chi connectivity index (χ2v) is 4.96. The van der Waals surface area contributed by atoms with E-state index in [4.69, 9.17) is 9.47 Å². The van der Waals surface area contributed by atoms with Crippen LogP contribution in [0.1, 0.15) is 26.2 Å². The van der Waals surface area contributed by atoms with Gasteiger partial charge in [-0.2, -0.15) is 0 Å². The van der Waals surface area contributed by atoms with Gasteiger partial charge in [-0.15, -0.1) is 0 Å². The molecular weight excluding hydrogens is 226 g/mol. The van der Waals surface area contributed by atoms with Crippen LogP contribution >= 0.6 is 0 Å². The average Bonchev–Trinajstić information content (AvgIpc) is 3.23. The molecule has 100 valence electrons. The summed E-state index contributed by atoms with van der Waals surface area (Å²) in [5, 5.41) is 3.55. The van der Waals surface area contributed by atoms with Crippen molar-refractivity contribution < 1.29 is 9.47 Å². The van der Waals surface area contributed by atoms with Crippen molar-refractivity contribution in [3.63, 3.8) is 0 Å². The second-order valence-electron chi connectivity index (χ2n) is 4.96. The van der Waals surface area contributed by atoms with Crippen LogP contribution in [0.15, 0.2) is 24.3 Å². The molecule has 3 heteroatoms. The van der Waals surface area contributed by atoms with Crippen LogP contribution in [0, 0.1) is 5.92 Å². The van der Waals surface area contributed by atoms with E-state index in [1.165, 1.54) is 12.8 Å². The maximum absolute atomic E-state index is 5.67. The summed E-state index contributed by atoms with van der Waals surface area (Å²) in [6, 6.07) is 8.40. The van der Waals surface area contributed by atoms with E-state index in [9.17, 15) is 0 Å². The zero-order valence-electron chi connectivity index (χ0n) is 11.3. The van der Waals surface area contributed by atoms with Gasteiger partial charge in [-0.05, 0) is 62.9 Å². The van der Waals surface area contributed by atoms with Crippen molar-refractivity contribution in [2.75, 3.05) is 20.3 Å². The molecule has 1 unspecified atom stereocenters. The Labute approximate surface area is 109 Å². The standard InChI is InChI=1S/C15H23NO2/c1-12(13-4-5-13)16-10-3-11-18-15-8-6-14(17-2)7-9-15/h6-9,12-13,16H,3-5,10-11H2,1-2H3. The van der Waals surface area contributed by atoms with Crippen LogP contribution < -0.4 is 14.8 Å². The molecule has 18 heavy (non-hydrogen) atoms. The molecule has 1 atom stereocenters. The summed E-state index contributed by atoms with van der Waals surface area (Å²) in [7, 11) is 1.67. The average molecular weight is 249 g/mol. The minimum absolute atomic E-state index is 0.672. The van der Waals surface area contributed by atoms with E-state index in [2.05, 4.69) is 12.2 Å². The van der Waals surface area contributed by atoms with Gasteiger partial charge < -0.3 is 14.8 Å². The molecule has 0 heterocycles. The fourth-order valence-electron chi connectivity index (χ4n) is 2.03. The van der Waals surface area contributed by atoms with Crippen molar-refractivity contribution in [1.82, 2.24) is 5.32 Å². The van der Waals surface area contributed by atoms with Crippen molar-refractivity contribution >= 4 is 0 Å². The first-order valence-corrected chi connectivity index (χ1v) is 6.80. The molecule has 1 saturated carbocycles. The Morgan fingerprint density at radius 1 is 1.22 bits per heavy atom. The summed E-state index contributed by atoms with van der Waals surface area (Å²) in [6.45, 7) is 4.08. The quantitative estimate of drug-likeness (QED) is 0.719. The number of hydrogen-bond acceptors (Lipinski definition) is 3. The number of benzene rings is 1. The topological polar surface area (TPSA) is 30.5 Å². The predicted molar refractivity (Wildman–Crippen MR) is 73.3 cm³/mol. The van der Waals surface area contributed by atoms with Gasteiger partial charge in [0.2, 0.25) is 0 Å². The molecule has 0 bridgehead atoms. The normalized spacial score (nSPS) is 16.3. The highest BCUT2D eigenvalue weighted by Crippen LogP contribution is 2.32. The molecule has 2 rings (SSSR count). The SMILES string of the molecule is COc1ccc(OCCCNC(C)C2CC2)cc1. The van der Waals surface area contributed by atoms with E-state index < -0.39 is 0 Å². The lowest BCUT2D eigenvalue weighted by Gasteiger charge is -2.12. The van der Waals surface area contributed by atoms with Crippen molar-refractivity contribution in [2.45, 2.75) is 32.2 Å². The monoisotopic (exact) mass is 249 g/mol. The van der Waals surface area contributed by atoms with E-state index >= 15 is 0 Å². The fraction of sp³-hybridized carbons (Fsp3) is 0.600. The highest BCUT2D eigenvalue weighted by atomic mass is 16.5. The number of ether oxygens (including phenoxy) is 2. The van der Waals surface area contributed by atoms with Crippen LogP contribution in [0.3, 0.4) is 0 Å². The largest absolute Gasteiger partial charge is 0.497 e. The van der Waals surface area contributed by atoms with Gasteiger partial charge in [-0.1, -0.05) is 0 Å². The number of rotatable bonds is 8. The number of hydrogen-bond donors (Lipinski definition) is 1. The van der Waals surface area contributed by atoms with Gasteiger partial charge in [-0.25, -0.2) is 0 Å². The first-order valence-electron chi connectivity index (χ1n) is 6.80. The lowest BCUT2D eigenvalue weighted by molar-refractivity contribution is 0.303. The molecule has 0 spiro atoms. The lowest BCUT2D eigenvalue weighted by atomic mass is 10.2. The molecule has 0 radical (unpaired) electrons. The molecule has 0 saturated heterocycles. The molecule has 1 aliphatic rings. The fourth-order valence-corrected chi connectivity index (χ4v) is 2.03. The Kier molecular flexibility index (Phi) is 4.88. The highest BCUT2D eigenvalue weighted by molar-refractivity contribution is 5.31. The van der Waals surface area contributed by atoms with E-state index in [1.54, 1.807) is 7.11 Å². The molecule has 1 aromatic rings. The van der Waals surface area contributed by atoms with Gasteiger partial charge >= 0.3 is 0 Å². The van der Waals surface area contributed by atoms with Gasteiger partial charge in [0.15, 0.2) is 0 Å². The third kappa shape index (κ3) is 4.22. The van der Waals surface area contributed by atoms with Gasteiger partial charge in [0, 0.05) is 6.04 Å². The lowest BCUT2D eigenvalue weighted by Crippen LogP contribution is -2.29. The smallest absolute Gasteiger partial charge is 0.119 e. The van der Waals surface area contributed by atoms with Crippen LogP contribution in [-0.4, -0.2) is 26.3 Å².